The van der Waals surface area contributed by atoms with Crippen LogP contribution in [0.25, 0.3) is 0 Å². The van der Waals surface area contributed by atoms with Crippen molar-refractivity contribution in [3.63, 3.8) is 0 Å². The number of hydrogen-bond donors (Lipinski definition) is 3. The predicted octanol–water partition coefficient (Wildman–Crippen LogP) is 2.05. The Morgan fingerprint density at radius 1 is 1.38 bits per heavy atom. The number of nitriles is 1. The van der Waals surface area contributed by atoms with Crippen molar-refractivity contribution >= 4 is 17.5 Å². The first-order valence-electron chi connectivity index (χ1n) is 8.33. The standard InChI is InChI=1S/C18H24N4O2/c1-3-9-20-17(24)13-5-4-6-15(10-13)21-11-16(23)22-18(2,12-19)14-7-8-14/h4-6,10,14,21H,3,7-9,11H2,1-2H3,(H,20,24)(H,22,23). The minimum Gasteiger partial charge on any atom is -0.376 e. The van der Waals surface area contributed by atoms with Gasteiger partial charge in [-0.1, -0.05) is 13.0 Å². The van der Waals surface area contributed by atoms with Gasteiger partial charge in [0.05, 0.1) is 12.6 Å². The van der Waals surface area contributed by atoms with Crippen LogP contribution in [0, 0.1) is 17.2 Å². The number of amides is 2. The molecule has 0 aromatic heterocycles. The van der Waals surface area contributed by atoms with E-state index in [1.807, 2.05) is 6.92 Å². The first kappa shape index (κ1) is 17.8. The van der Waals surface area contributed by atoms with Crippen molar-refractivity contribution in [2.45, 2.75) is 38.6 Å². The Labute approximate surface area is 142 Å². The van der Waals surface area contributed by atoms with Gasteiger partial charge in [0.25, 0.3) is 5.91 Å². The van der Waals surface area contributed by atoms with Gasteiger partial charge in [0.2, 0.25) is 5.91 Å². The van der Waals surface area contributed by atoms with Gasteiger partial charge >= 0.3 is 0 Å². The van der Waals surface area contributed by atoms with Gasteiger partial charge in [-0.25, -0.2) is 0 Å². The second-order valence-corrected chi connectivity index (χ2v) is 6.33. The van der Waals surface area contributed by atoms with Crippen LogP contribution in [0.4, 0.5) is 5.69 Å². The Kier molecular flexibility index (Phi) is 5.80. The van der Waals surface area contributed by atoms with Crippen LogP contribution in [0.3, 0.4) is 0 Å². The maximum Gasteiger partial charge on any atom is 0.251 e. The fourth-order valence-corrected chi connectivity index (χ4v) is 2.51. The van der Waals surface area contributed by atoms with Crippen LogP contribution in [-0.2, 0) is 4.79 Å². The lowest BCUT2D eigenvalue weighted by Gasteiger charge is -2.23. The first-order chi connectivity index (χ1) is 11.5. The lowest BCUT2D eigenvalue weighted by Crippen LogP contribution is -2.48. The Morgan fingerprint density at radius 2 is 2.12 bits per heavy atom. The van der Waals surface area contributed by atoms with Gasteiger partial charge in [-0.3, -0.25) is 9.59 Å². The summed E-state index contributed by atoms with van der Waals surface area (Å²) in [4.78, 5) is 24.0. The molecule has 1 unspecified atom stereocenters. The van der Waals surface area contributed by atoms with Crippen LogP contribution in [0.5, 0.6) is 0 Å². The van der Waals surface area contributed by atoms with E-state index in [0.717, 1.165) is 19.3 Å². The Bertz CT molecular complexity index is 649. The predicted molar refractivity (Wildman–Crippen MR) is 92.4 cm³/mol. The highest BCUT2D eigenvalue weighted by Crippen LogP contribution is 2.39. The van der Waals surface area contributed by atoms with Gasteiger partial charge in [0.1, 0.15) is 5.54 Å². The zero-order valence-electron chi connectivity index (χ0n) is 14.2. The van der Waals surface area contributed by atoms with Crippen LogP contribution in [0.15, 0.2) is 24.3 Å². The van der Waals surface area contributed by atoms with E-state index in [9.17, 15) is 14.9 Å². The minimum atomic E-state index is -0.791. The lowest BCUT2D eigenvalue weighted by atomic mass is 9.98. The molecular weight excluding hydrogens is 304 g/mol. The molecule has 128 valence electrons. The SMILES string of the molecule is CCCNC(=O)c1cccc(NCC(=O)NC(C)(C#N)C2CC2)c1. The molecule has 2 rings (SSSR count). The van der Waals surface area contributed by atoms with Crippen molar-refractivity contribution in [2.24, 2.45) is 5.92 Å². The van der Waals surface area contributed by atoms with Crippen molar-refractivity contribution in [1.82, 2.24) is 10.6 Å². The molecule has 1 saturated carbocycles. The zero-order valence-corrected chi connectivity index (χ0v) is 14.2. The number of carbonyl (C=O) groups excluding carboxylic acids is 2. The van der Waals surface area contributed by atoms with E-state index < -0.39 is 5.54 Å². The normalized spacial score (nSPS) is 15.7. The van der Waals surface area contributed by atoms with Crippen LogP contribution in [0.2, 0.25) is 0 Å². The smallest absolute Gasteiger partial charge is 0.251 e. The molecule has 6 nitrogen and oxygen atoms in total. The van der Waals surface area contributed by atoms with Crippen LogP contribution in [-0.4, -0.2) is 30.4 Å². The number of nitrogens with zero attached hydrogens (tertiary/aromatic N) is 1. The van der Waals surface area contributed by atoms with Gasteiger partial charge in [-0.15, -0.1) is 0 Å². The van der Waals surface area contributed by atoms with Gasteiger partial charge < -0.3 is 16.0 Å². The quantitative estimate of drug-likeness (QED) is 0.681. The van der Waals surface area contributed by atoms with Crippen LogP contribution < -0.4 is 16.0 Å². The summed E-state index contributed by atoms with van der Waals surface area (Å²) >= 11 is 0. The molecule has 1 aliphatic rings. The van der Waals surface area contributed by atoms with Crippen molar-refractivity contribution in [2.75, 3.05) is 18.4 Å². The molecular formula is C18H24N4O2. The van der Waals surface area contributed by atoms with E-state index in [4.69, 9.17) is 0 Å². The third kappa shape index (κ3) is 4.72. The van der Waals surface area contributed by atoms with Gasteiger partial charge in [-0.2, -0.15) is 5.26 Å². The number of anilines is 1. The highest BCUT2D eigenvalue weighted by atomic mass is 16.2. The molecule has 0 spiro atoms. The molecule has 1 atom stereocenters. The summed E-state index contributed by atoms with van der Waals surface area (Å²) in [7, 11) is 0. The fraction of sp³-hybridized carbons (Fsp3) is 0.500. The summed E-state index contributed by atoms with van der Waals surface area (Å²) < 4.78 is 0. The summed E-state index contributed by atoms with van der Waals surface area (Å²) in [5.74, 6) is -0.112. The third-order valence-electron chi connectivity index (χ3n) is 4.14. The molecule has 6 heteroatoms. The number of nitrogens with one attached hydrogen (secondary N) is 3. The molecule has 1 aromatic carbocycles. The van der Waals surface area contributed by atoms with Gasteiger partial charge in [0, 0.05) is 17.8 Å². The number of hydrogen-bond acceptors (Lipinski definition) is 4. The molecule has 0 radical (unpaired) electrons. The largest absolute Gasteiger partial charge is 0.376 e. The molecule has 1 aromatic rings. The molecule has 1 aliphatic carbocycles. The Morgan fingerprint density at radius 3 is 2.75 bits per heavy atom. The fourth-order valence-electron chi connectivity index (χ4n) is 2.51. The van der Waals surface area contributed by atoms with Gasteiger partial charge in [-0.05, 0) is 50.3 Å². The number of rotatable bonds is 8. The van der Waals surface area contributed by atoms with E-state index in [0.29, 0.717) is 17.8 Å². The number of benzene rings is 1. The second-order valence-electron chi connectivity index (χ2n) is 6.33. The van der Waals surface area contributed by atoms with E-state index in [1.165, 1.54) is 0 Å². The van der Waals surface area contributed by atoms with E-state index in [2.05, 4.69) is 22.0 Å². The molecule has 3 N–H and O–H groups in total. The summed E-state index contributed by atoms with van der Waals surface area (Å²) in [6.45, 7) is 4.45. The topological polar surface area (TPSA) is 94.0 Å². The Hall–Kier alpha value is -2.55. The monoisotopic (exact) mass is 328 g/mol. The maximum absolute atomic E-state index is 12.1. The van der Waals surface area contributed by atoms with E-state index in [1.54, 1.807) is 31.2 Å². The molecule has 24 heavy (non-hydrogen) atoms. The second kappa shape index (κ2) is 7.82. The van der Waals surface area contributed by atoms with Crippen LogP contribution >= 0.6 is 0 Å². The average Bonchev–Trinajstić information content (AvgIpc) is 3.43. The molecule has 2 amide bonds. The molecule has 1 fully saturated rings. The summed E-state index contributed by atoms with van der Waals surface area (Å²) in [6, 6.07) is 9.21. The first-order valence-corrected chi connectivity index (χ1v) is 8.33. The van der Waals surface area contributed by atoms with Gasteiger partial charge in [0.15, 0.2) is 0 Å². The molecule has 0 bridgehead atoms. The van der Waals surface area contributed by atoms with E-state index >= 15 is 0 Å². The Balaban J connectivity index is 1.88. The van der Waals surface area contributed by atoms with Crippen molar-refractivity contribution in [3.8, 4) is 6.07 Å². The minimum absolute atomic E-state index is 0.0595. The highest BCUT2D eigenvalue weighted by molar-refractivity contribution is 5.95. The summed E-state index contributed by atoms with van der Waals surface area (Å²) in [5.41, 5.74) is 0.453. The molecule has 0 aliphatic heterocycles. The third-order valence-corrected chi connectivity index (χ3v) is 4.14. The summed E-state index contributed by atoms with van der Waals surface area (Å²) in [6.07, 6.45) is 2.84. The summed E-state index contributed by atoms with van der Waals surface area (Å²) in [5, 5.41) is 17.9. The lowest BCUT2D eigenvalue weighted by molar-refractivity contribution is -0.120. The zero-order chi connectivity index (χ0) is 17.6. The maximum atomic E-state index is 12.1. The van der Waals surface area contributed by atoms with Crippen molar-refractivity contribution < 1.29 is 9.59 Å². The van der Waals surface area contributed by atoms with E-state index in [-0.39, 0.29) is 24.3 Å². The van der Waals surface area contributed by atoms with Crippen molar-refractivity contribution in [1.29, 1.82) is 5.26 Å². The average molecular weight is 328 g/mol. The molecule has 0 heterocycles. The number of carbonyl (C=O) groups is 2. The van der Waals surface area contributed by atoms with Crippen molar-refractivity contribution in [3.05, 3.63) is 29.8 Å². The van der Waals surface area contributed by atoms with Crippen LogP contribution in [0.1, 0.15) is 43.5 Å². The highest BCUT2D eigenvalue weighted by Gasteiger charge is 2.42. The molecule has 0 saturated heterocycles.